The topological polar surface area (TPSA) is 125 Å². The first-order valence-corrected chi connectivity index (χ1v) is 10.4. The molecular weight excluding hydrogens is 434 g/mol. The largest absolute Gasteiger partial charge is 0.462 e. The molecule has 32 heavy (non-hydrogen) atoms. The van der Waals surface area contributed by atoms with Gasteiger partial charge in [-0.2, -0.15) is 0 Å². The van der Waals surface area contributed by atoms with Crippen LogP contribution in [0.5, 0.6) is 0 Å². The molecular formula is C22H17N3O6S. The molecule has 0 bridgehead atoms. The zero-order valence-corrected chi connectivity index (χ0v) is 17.9. The predicted octanol–water partition coefficient (Wildman–Crippen LogP) is 5.20. The van der Waals surface area contributed by atoms with Crippen LogP contribution >= 0.6 is 11.3 Å². The summed E-state index contributed by atoms with van der Waals surface area (Å²) in [5.74, 6) is -0.774. The van der Waals surface area contributed by atoms with Gasteiger partial charge in [0.05, 0.1) is 32.9 Å². The molecule has 0 radical (unpaired) electrons. The summed E-state index contributed by atoms with van der Waals surface area (Å²) < 4.78 is 11.3. The normalized spacial score (nSPS) is 10.8. The van der Waals surface area contributed by atoms with Crippen molar-refractivity contribution in [2.75, 3.05) is 11.9 Å². The molecule has 2 aromatic heterocycles. The number of anilines is 1. The Bertz CT molecular complexity index is 1360. The van der Waals surface area contributed by atoms with Gasteiger partial charge in [-0.1, -0.05) is 17.4 Å². The minimum atomic E-state index is -0.546. The monoisotopic (exact) mass is 451 g/mol. The van der Waals surface area contributed by atoms with E-state index in [9.17, 15) is 19.7 Å². The van der Waals surface area contributed by atoms with E-state index in [1.807, 2.05) is 0 Å². The van der Waals surface area contributed by atoms with Crippen LogP contribution in [0.2, 0.25) is 0 Å². The molecule has 2 aromatic carbocycles. The number of nitrogens with one attached hydrogen (secondary N) is 1. The van der Waals surface area contributed by atoms with Crippen molar-refractivity contribution < 1.29 is 23.7 Å². The fourth-order valence-electron chi connectivity index (χ4n) is 3.08. The number of esters is 1. The molecule has 0 saturated carbocycles. The smallest absolute Gasteiger partial charge is 0.338 e. The number of benzene rings is 2. The lowest BCUT2D eigenvalue weighted by atomic mass is 10.1. The van der Waals surface area contributed by atoms with Crippen LogP contribution < -0.4 is 5.32 Å². The van der Waals surface area contributed by atoms with E-state index in [-0.39, 0.29) is 29.4 Å². The molecule has 0 aliphatic heterocycles. The zero-order valence-electron chi connectivity index (χ0n) is 17.1. The molecule has 4 aromatic rings. The number of hydrogen-bond acceptors (Lipinski definition) is 8. The number of thiazole rings is 1. The number of furan rings is 1. The highest BCUT2D eigenvalue weighted by Crippen LogP contribution is 2.33. The molecule has 0 atom stereocenters. The first kappa shape index (κ1) is 21.2. The molecule has 0 aliphatic carbocycles. The maximum atomic E-state index is 12.6. The van der Waals surface area contributed by atoms with Gasteiger partial charge in [0.1, 0.15) is 5.76 Å². The number of nitro groups is 1. The Balaban J connectivity index is 1.55. The number of aryl methyl sites for hydroxylation is 1. The number of fused-ring (bicyclic) bond motifs is 1. The lowest BCUT2D eigenvalue weighted by molar-refractivity contribution is -0.384. The predicted molar refractivity (Wildman–Crippen MR) is 119 cm³/mol. The molecule has 4 rings (SSSR count). The van der Waals surface area contributed by atoms with Crippen molar-refractivity contribution >= 4 is 44.2 Å². The Morgan fingerprint density at radius 3 is 2.75 bits per heavy atom. The van der Waals surface area contributed by atoms with E-state index in [0.29, 0.717) is 20.9 Å². The van der Waals surface area contributed by atoms with E-state index in [4.69, 9.17) is 9.15 Å². The van der Waals surface area contributed by atoms with Gasteiger partial charge >= 0.3 is 5.97 Å². The second-order valence-corrected chi connectivity index (χ2v) is 7.85. The second-order valence-electron chi connectivity index (χ2n) is 6.82. The summed E-state index contributed by atoms with van der Waals surface area (Å²) in [7, 11) is 0. The van der Waals surface area contributed by atoms with Crippen LogP contribution in [0.3, 0.4) is 0 Å². The standard InChI is InChI=1S/C22H17N3O6S/c1-3-30-21(27)13-5-7-15-19(11-13)32-22(23-15)24-20(26)18-9-8-17(31-18)14-6-4-12(2)10-16(14)25(28)29/h4-11H,3H2,1-2H3,(H,23,24,26). The quantitative estimate of drug-likeness (QED) is 0.243. The lowest BCUT2D eigenvalue weighted by Gasteiger charge is -2.01. The second kappa shape index (κ2) is 8.60. The number of carbonyl (C=O) groups is 2. The van der Waals surface area contributed by atoms with E-state index in [1.165, 1.54) is 29.5 Å². The lowest BCUT2D eigenvalue weighted by Crippen LogP contribution is -2.10. The van der Waals surface area contributed by atoms with Gasteiger partial charge < -0.3 is 9.15 Å². The molecule has 2 heterocycles. The van der Waals surface area contributed by atoms with Gasteiger partial charge in [-0.05, 0) is 55.8 Å². The highest BCUT2D eigenvalue weighted by molar-refractivity contribution is 7.22. The summed E-state index contributed by atoms with van der Waals surface area (Å²) in [6, 6.07) is 12.7. The van der Waals surface area contributed by atoms with E-state index in [0.717, 1.165) is 5.56 Å². The fourth-order valence-corrected chi connectivity index (χ4v) is 3.98. The zero-order chi connectivity index (χ0) is 22.8. The highest BCUT2D eigenvalue weighted by Gasteiger charge is 2.21. The first-order chi connectivity index (χ1) is 15.4. The third-order valence-corrected chi connectivity index (χ3v) is 5.50. The van der Waals surface area contributed by atoms with E-state index >= 15 is 0 Å². The minimum absolute atomic E-state index is 0.0126. The van der Waals surface area contributed by atoms with Gasteiger partial charge in [-0.15, -0.1) is 0 Å². The Hall–Kier alpha value is -4.05. The van der Waals surface area contributed by atoms with Crippen LogP contribution in [0.1, 0.15) is 33.4 Å². The number of ether oxygens (including phenoxy) is 1. The van der Waals surface area contributed by atoms with Crippen LogP contribution in [-0.4, -0.2) is 28.4 Å². The Labute approximate surface area is 185 Å². The number of nitro benzene ring substituents is 1. The van der Waals surface area contributed by atoms with Gasteiger partial charge in [0.25, 0.3) is 11.6 Å². The molecule has 0 saturated heterocycles. The Kier molecular flexibility index (Phi) is 5.69. The van der Waals surface area contributed by atoms with Crippen molar-refractivity contribution in [1.29, 1.82) is 0 Å². The number of amides is 1. The van der Waals surface area contributed by atoms with Crippen LogP contribution in [0, 0.1) is 17.0 Å². The van der Waals surface area contributed by atoms with Crippen LogP contribution in [0.4, 0.5) is 10.8 Å². The molecule has 0 unspecified atom stereocenters. The van der Waals surface area contributed by atoms with Crippen molar-refractivity contribution in [1.82, 2.24) is 4.98 Å². The van der Waals surface area contributed by atoms with Gasteiger partial charge in [-0.3, -0.25) is 20.2 Å². The maximum Gasteiger partial charge on any atom is 0.338 e. The fraction of sp³-hybridized carbons (Fsp3) is 0.136. The van der Waals surface area contributed by atoms with Gasteiger partial charge in [0, 0.05) is 6.07 Å². The summed E-state index contributed by atoms with van der Waals surface area (Å²) in [5.41, 5.74) is 1.94. The molecule has 0 spiro atoms. The molecule has 0 aliphatic rings. The molecule has 162 valence electrons. The van der Waals surface area contributed by atoms with Gasteiger partial charge in [0.15, 0.2) is 10.9 Å². The van der Waals surface area contributed by atoms with Crippen molar-refractivity contribution in [3.8, 4) is 11.3 Å². The van der Waals surface area contributed by atoms with Gasteiger partial charge in [-0.25, -0.2) is 9.78 Å². The van der Waals surface area contributed by atoms with Crippen molar-refractivity contribution in [3.63, 3.8) is 0 Å². The SMILES string of the molecule is CCOC(=O)c1ccc2nc(NC(=O)c3ccc(-c4ccc(C)cc4[N+](=O)[O-])o3)sc2c1. The molecule has 9 nitrogen and oxygen atoms in total. The van der Waals surface area contributed by atoms with E-state index < -0.39 is 16.8 Å². The molecule has 0 fully saturated rings. The summed E-state index contributed by atoms with van der Waals surface area (Å²) in [4.78, 5) is 39.7. The van der Waals surface area contributed by atoms with Crippen LogP contribution in [0.15, 0.2) is 52.9 Å². The van der Waals surface area contributed by atoms with E-state index in [2.05, 4.69) is 10.3 Å². The number of nitrogens with zero attached hydrogens (tertiary/aromatic N) is 2. The highest BCUT2D eigenvalue weighted by atomic mass is 32.1. The van der Waals surface area contributed by atoms with E-state index in [1.54, 1.807) is 44.2 Å². The Morgan fingerprint density at radius 2 is 2.00 bits per heavy atom. The molecule has 10 heteroatoms. The van der Waals surface area contributed by atoms with Crippen molar-refractivity contribution in [2.24, 2.45) is 0 Å². The molecule has 1 amide bonds. The third kappa shape index (κ3) is 4.21. The number of aromatic nitrogens is 1. The third-order valence-electron chi connectivity index (χ3n) is 4.57. The summed E-state index contributed by atoms with van der Waals surface area (Å²) in [5, 5.41) is 14.3. The average molecular weight is 451 g/mol. The van der Waals surface area contributed by atoms with Crippen LogP contribution in [0.25, 0.3) is 21.5 Å². The summed E-state index contributed by atoms with van der Waals surface area (Å²) >= 11 is 1.20. The average Bonchev–Trinajstić information content (AvgIpc) is 3.40. The summed E-state index contributed by atoms with van der Waals surface area (Å²) in [6.45, 7) is 3.76. The van der Waals surface area contributed by atoms with Crippen LogP contribution in [-0.2, 0) is 4.74 Å². The Morgan fingerprint density at radius 1 is 1.19 bits per heavy atom. The molecule has 1 N–H and O–H groups in total. The van der Waals surface area contributed by atoms with Crippen molar-refractivity contribution in [2.45, 2.75) is 13.8 Å². The van der Waals surface area contributed by atoms with Gasteiger partial charge in [0.2, 0.25) is 0 Å². The number of hydrogen-bond donors (Lipinski definition) is 1. The summed E-state index contributed by atoms with van der Waals surface area (Å²) in [6.07, 6.45) is 0. The number of carbonyl (C=O) groups excluding carboxylic acids is 2. The number of rotatable bonds is 6. The first-order valence-electron chi connectivity index (χ1n) is 9.60. The maximum absolute atomic E-state index is 12.6. The van der Waals surface area contributed by atoms with Crippen molar-refractivity contribution in [3.05, 3.63) is 75.5 Å². The minimum Gasteiger partial charge on any atom is -0.462 e.